The van der Waals surface area contributed by atoms with E-state index in [-0.39, 0.29) is 36.4 Å². The van der Waals surface area contributed by atoms with E-state index in [0.29, 0.717) is 35.2 Å². The molecule has 1 aliphatic carbocycles. The molecule has 2 N–H and O–H groups in total. The molecule has 4 aromatic rings. The van der Waals surface area contributed by atoms with Gasteiger partial charge in [-0.2, -0.15) is 13.2 Å². The van der Waals surface area contributed by atoms with Crippen LogP contribution in [0.15, 0.2) is 47.4 Å². The van der Waals surface area contributed by atoms with E-state index in [1.807, 2.05) is 6.92 Å². The number of alkyl halides is 3. The summed E-state index contributed by atoms with van der Waals surface area (Å²) in [4.78, 5) is 20.9. The Morgan fingerprint density at radius 1 is 1.18 bits per heavy atom. The molecule has 1 saturated carbocycles. The van der Waals surface area contributed by atoms with E-state index in [1.54, 1.807) is 24.0 Å². The molecule has 0 atom stereocenters. The van der Waals surface area contributed by atoms with Gasteiger partial charge in [0.15, 0.2) is 11.6 Å². The SMILES string of the molecule is CCOc1nn(C)cc1Nc1ncc(-c2ccc(CC(=O)Nc3cc(C4(C(F)(F)F)CC4)on3)c(F)c2)cn1. The fraction of sp³-hybridized carbons (Fsp3) is 0.320. The highest BCUT2D eigenvalue weighted by Crippen LogP contribution is 2.59. The van der Waals surface area contributed by atoms with Gasteiger partial charge in [-0.25, -0.2) is 14.4 Å². The van der Waals surface area contributed by atoms with Crippen molar-refractivity contribution in [3.63, 3.8) is 0 Å². The first-order valence-corrected chi connectivity index (χ1v) is 12.0. The van der Waals surface area contributed by atoms with Crippen LogP contribution in [0, 0.1) is 5.82 Å². The first kappa shape index (κ1) is 26.1. The molecule has 1 aromatic carbocycles. The number of halogens is 4. The quantitative estimate of drug-likeness (QED) is 0.285. The molecular formula is C25H23F4N7O3. The van der Waals surface area contributed by atoms with Gasteiger partial charge in [0.2, 0.25) is 11.9 Å². The maximum atomic E-state index is 14.8. The zero-order valence-corrected chi connectivity index (χ0v) is 20.8. The highest BCUT2D eigenvalue weighted by Gasteiger charge is 2.66. The van der Waals surface area contributed by atoms with Gasteiger partial charge in [-0.1, -0.05) is 17.3 Å². The third kappa shape index (κ3) is 5.40. The number of hydrogen-bond donors (Lipinski definition) is 2. The number of benzene rings is 1. The average molecular weight is 545 g/mol. The Hall–Kier alpha value is -4.49. The Morgan fingerprint density at radius 3 is 2.56 bits per heavy atom. The van der Waals surface area contributed by atoms with Crippen molar-refractivity contribution in [2.75, 3.05) is 17.2 Å². The molecule has 3 aromatic heterocycles. The normalized spacial score (nSPS) is 14.2. The molecule has 1 amide bonds. The molecule has 39 heavy (non-hydrogen) atoms. The molecule has 0 bridgehead atoms. The van der Waals surface area contributed by atoms with Crippen LogP contribution >= 0.6 is 0 Å². The second-order valence-corrected chi connectivity index (χ2v) is 9.06. The zero-order valence-electron chi connectivity index (χ0n) is 20.8. The minimum Gasteiger partial charge on any atom is -0.475 e. The summed E-state index contributed by atoms with van der Waals surface area (Å²) in [5, 5.41) is 13.1. The summed E-state index contributed by atoms with van der Waals surface area (Å²) >= 11 is 0. The van der Waals surface area contributed by atoms with Gasteiger partial charge in [-0.15, -0.1) is 5.10 Å². The molecule has 0 aliphatic heterocycles. The summed E-state index contributed by atoms with van der Waals surface area (Å²) in [7, 11) is 1.76. The standard InChI is InChI=1S/C25H23F4N7O3/c1-3-38-22-18(13-36(2)34-22)32-23-30-11-16(12-31-23)14-4-5-15(17(26)8-14)9-21(37)33-20-10-19(39-35-20)24(6-7-24)25(27,28)29/h4-5,8,10-13H,3,6-7,9H2,1-2H3,(H,30,31,32)(H,33,35,37). The zero-order chi connectivity index (χ0) is 27.8. The number of aromatic nitrogens is 5. The van der Waals surface area contributed by atoms with Crippen LogP contribution in [0.25, 0.3) is 11.1 Å². The molecule has 0 radical (unpaired) electrons. The topological polar surface area (TPSA) is 120 Å². The van der Waals surface area contributed by atoms with E-state index in [9.17, 15) is 22.4 Å². The third-order valence-electron chi connectivity index (χ3n) is 6.25. The summed E-state index contributed by atoms with van der Waals surface area (Å²) in [5.74, 6) is -1.10. The highest BCUT2D eigenvalue weighted by atomic mass is 19.4. The number of rotatable bonds is 9. The Balaban J connectivity index is 1.21. The Bertz CT molecular complexity index is 1490. The van der Waals surface area contributed by atoms with Gasteiger partial charge in [0.05, 0.1) is 19.2 Å². The number of nitrogens with zero attached hydrogens (tertiary/aromatic N) is 5. The summed E-state index contributed by atoms with van der Waals surface area (Å²) in [6.07, 6.45) is -0.259. The van der Waals surface area contributed by atoms with E-state index in [1.165, 1.54) is 24.5 Å². The predicted molar refractivity (Wildman–Crippen MR) is 131 cm³/mol. The van der Waals surface area contributed by atoms with Crippen LogP contribution in [0.4, 0.5) is 35.0 Å². The number of ether oxygens (including phenoxy) is 1. The lowest BCUT2D eigenvalue weighted by Crippen LogP contribution is -2.28. The van der Waals surface area contributed by atoms with Crippen LogP contribution in [-0.4, -0.2) is 43.6 Å². The molecule has 5 rings (SSSR count). The fourth-order valence-electron chi connectivity index (χ4n) is 4.04. The van der Waals surface area contributed by atoms with E-state index < -0.39 is 23.3 Å². The molecule has 0 spiro atoms. The van der Waals surface area contributed by atoms with Gasteiger partial charge in [0.1, 0.15) is 16.9 Å². The number of anilines is 3. The number of carbonyl (C=O) groups excluding carboxylic acids is 1. The first-order valence-electron chi connectivity index (χ1n) is 12.0. The molecule has 1 fully saturated rings. The molecule has 1 aliphatic rings. The van der Waals surface area contributed by atoms with E-state index in [0.717, 1.165) is 6.07 Å². The highest BCUT2D eigenvalue weighted by molar-refractivity contribution is 5.91. The second kappa shape index (κ2) is 10.0. The van der Waals surface area contributed by atoms with Crippen molar-refractivity contribution >= 4 is 23.4 Å². The number of carbonyl (C=O) groups is 1. The van der Waals surface area contributed by atoms with Gasteiger partial charge in [0, 0.05) is 31.1 Å². The molecule has 204 valence electrons. The van der Waals surface area contributed by atoms with Gasteiger partial charge in [-0.3, -0.25) is 9.48 Å². The molecule has 0 saturated heterocycles. The van der Waals surface area contributed by atoms with Crippen molar-refractivity contribution < 1.29 is 31.6 Å². The Morgan fingerprint density at radius 2 is 1.92 bits per heavy atom. The van der Waals surface area contributed by atoms with Gasteiger partial charge in [0.25, 0.3) is 5.88 Å². The van der Waals surface area contributed by atoms with Crippen molar-refractivity contribution in [2.45, 2.75) is 37.8 Å². The van der Waals surface area contributed by atoms with Crippen molar-refractivity contribution in [1.82, 2.24) is 24.9 Å². The second-order valence-electron chi connectivity index (χ2n) is 9.06. The van der Waals surface area contributed by atoms with Crippen LogP contribution < -0.4 is 15.4 Å². The summed E-state index contributed by atoms with van der Waals surface area (Å²) in [6.45, 7) is 2.29. The van der Waals surface area contributed by atoms with Crippen molar-refractivity contribution in [2.24, 2.45) is 7.05 Å². The average Bonchev–Trinajstić information content (AvgIpc) is 3.47. The van der Waals surface area contributed by atoms with E-state index >= 15 is 0 Å². The number of aryl methyl sites for hydroxylation is 1. The Labute approximate surface area is 219 Å². The largest absolute Gasteiger partial charge is 0.475 e. The van der Waals surface area contributed by atoms with Gasteiger partial charge in [-0.05, 0) is 37.0 Å². The van der Waals surface area contributed by atoms with Crippen LogP contribution in [0.3, 0.4) is 0 Å². The Kier molecular flexibility index (Phi) is 6.70. The van der Waals surface area contributed by atoms with Gasteiger partial charge < -0.3 is 19.9 Å². The smallest absolute Gasteiger partial charge is 0.401 e. The minimum absolute atomic E-state index is 0.0909. The maximum absolute atomic E-state index is 14.8. The summed E-state index contributed by atoms with van der Waals surface area (Å²) < 4.78 is 66.5. The predicted octanol–water partition coefficient (Wildman–Crippen LogP) is 4.92. The first-order chi connectivity index (χ1) is 18.6. The lowest BCUT2D eigenvalue weighted by molar-refractivity contribution is -0.165. The van der Waals surface area contributed by atoms with Crippen LogP contribution in [-0.2, 0) is 23.7 Å². The van der Waals surface area contributed by atoms with E-state index in [4.69, 9.17) is 9.26 Å². The maximum Gasteiger partial charge on any atom is 0.401 e. The molecule has 14 heteroatoms. The molecule has 0 unspecified atom stereocenters. The minimum atomic E-state index is -4.47. The third-order valence-corrected chi connectivity index (χ3v) is 6.25. The number of amides is 1. The van der Waals surface area contributed by atoms with Crippen molar-refractivity contribution in [1.29, 1.82) is 0 Å². The number of nitrogens with one attached hydrogen (secondary N) is 2. The van der Waals surface area contributed by atoms with Crippen LogP contribution in [0.2, 0.25) is 0 Å². The van der Waals surface area contributed by atoms with Gasteiger partial charge >= 0.3 is 6.18 Å². The van der Waals surface area contributed by atoms with E-state index in [2.05, 4.69) is 30.9 Å². The fourth-order valence-corrected chi connectivity index (χ4v) is 4.04. The molecule has 10 nitrogen and oxygen atoms in total. The van der Waals surface area contributed by atoms with Crippen molar-refractivity contribution in [3.05, 3.63) is 60.0 Å². The van der Waals surface area contributed by atoms with Crippen molar-refractivity contribution in [3.8, 4) is 17.0 Å². The summed E-state index contributed by atoms with van der Waals surface area (Å²) in [6, 6.07) is 5.36. The number of hydrogen-bond acceptors (Lipinski definition) is 8. The summed E-state index contributed by atoms with van der Waals surface area (Å²) in [5.41, 5.74) is -0.333. The molecule has 3 heterocycles. The van der Waals surface area contributed by atoms with Crippen LogP contribution in [0.1, 0.15) is 31.1 Å². The lowest BCUT2D eigenvalue weighted by Gasteiger charge is -2.14. The molecular weight excluding hydrogens is 522 g/mol. The lowest BCUT2D eigenvalue weighted by atomic mass is 10.0. The monoisotopic (exact) mass is 545 g/mol. The van der Waals surface area contributed by atoms with Crippen LogP contribution in [0.5, 0.6) is 5.88 Å².